The van der Waals surface area contributed by atoms with Crippen molar-refractivity contribution in [2.24, 2.45) is 0 Å². The normalized spacial score (nSPS) is 13.1. The molecule has 0 spiro atoms. The van der Waals surface area contributed by atoms with E-state index in [9.17, 15) is 13.5 Å². The fraction of sp³-hybridized carbons (Fsp3) is 0.200. The van der Waals surface area contributed by atoms with Gasteiger partial charge in [-0.1, -0.05) is 23.7 Å². The van der Waals surface area contributed by atoms with Gasteiger partial charge in [-0.05, 0) is 42.0 Å². The molecule has 0 fully saturated rings. The second kappa shape index (κ2) is 6.83. The van der Waals surface area contributed by atoms with Crippen molar-refractivity contribution in [2.45, 2.75) is 15.9 Å². The number of hydrogen-bond acceptors (Lipinski definition) is 4. The summed E-state index contributed by atoms with van der Waals surface area (Å²) in [5.74, 6) is 0.471. The first-order chi connectivity index (χ1) is 9.86. The van der Waals surface area contributed by atoms with Gasteiger partial charge in [-0.25, -0.2) is 8.42 Å². The van der Waals surface area contributed by atoms with Crippen molar-refractivity contribution < 1.29 is 13.5 Å². The van der Waals surface area contributed by atoms with Crippen molar-refractivity contribution >= 4 is 33.2 Å². The van der Waals surface area contributed by atoms with Crippen LogP contribution >= 0.6 is 23.4 Å². The summed E-state index contributed by atoms with van der Waals surface area (Å²) < 4.78 is 22.7. The Hall–Kier alpha value is -1.01. The fourth-order valence-electron chi connectivity index (χ4n) is 1.77. The molecule has 112 valence electrons. The van der Waals surface area contributed by atoms with Crippen LogP contribution in [-0.4, -0.2) is 25.5 Å². The quantitative estimate of drug-likeness (QED) is 0.844. The molecule has 1 N–H and O–H groups in total. The highest BCUT2D eigenvalue weighted by Gasteiger charge is 2.10. The van der Waals surface area contributed by atoms with E-state index in [0.717, 1.165) is 10.5 Å². The lowest BCUT2D eigenvalue weighted by atomic mass is 10.1. The van der Waals surface area contributed by atoms with Crippen LogP contribution in [0.4, 0.5) is 0 Å². The van der Waals surface area contributed by atoms with Crippen LogP contribution in [0.15, 0.2) is 58.3 Å². The first kappa shape index (κ1) is 16.4. The largest absolute Gasteiger partial charge is 0.388 e. The molecule has 21 heavy (non-hydrogen) atoms. The van der Waals surface area contributed by atoms with E-state index in [-0.39, 0.29) is 0 Å². The smallest absolute Gasteiger partial charge is 0.175 e. The highest BCUT2D eigenvalue weighted by atomic mass is 35.5. The second-order valence-corrected chi connectivity index (χ2v) is 8.17. The van der Waals surface area contributed by atoms with Crippen molar-refractivity contribution in [1.82, 2.24) is 0 Å². The summed E-state index contributed by atoms with van der Waals surface area (Å²) in [5, 5.41) is 10.7. The number of sulfone groups is 1. The second-order valence-electron chi connectivity index (χ2n) is 4.63. The average Bonchev–Trinajstić information content (AvgIpc) is 2.44. The Balaban J connectivity index is 2.00. The first-order valence-corrected chi connectivity index (χ1v) is 9.48. The SMILES string of the molecule is CS(=O)(=O)c1ccc(SCC(O)c2cccc(Cl)c2)cc1. The molecular formula is C15H15ClO3S2. The van der Waals surface area contributed by atoms with E-state index >= 15 is 0 Å². The van der Waals surface area contributed by atoms with Gasteiger partial charge in [0.05, 0.1) is 11.0 Å². The molecule has 0 aromatic heterocycles. The van der Waals surface area contributed by atoms with Crippen LogP contribution in [0.2, 0.25) is 5.02 Å². The number of benzene rings is 2. The number of halogens is 1. The molecule has 0 aliphatic carbocycles. The molecule has 2 aromatic carbocycles. The maximum atomic E-state index is 11.4. The number of hydrogen-bond donors (Lipinski definition) is 1. The molecule has 0 amide bonds. The lowest BCUT2D eigenvalue weighted by Crippen LogP contribution is -2.00. The van der Waals surface area contributed by atoms with Gasteiger partial charge in [0.25, 0.3) is 0 Å². The lowest BCUT2D eigenvalue weighted by molar-refractivity contribution is 0.204. The predicted molar refractivity (Wildman–Crippen MR) is 86.7 cm³/mol. The van der Waals surface area contributed by atoms with Crippen LogP contribution in [-0.2, 0) is 9.84 Å². The van der Waals surface area contributed by atoms with Crippen LogP contribution in [0.5, 0.6) is 0 Å². The third-order valence-electron chi connectivity index (χ3n) is 2.89. The minimum atomic E-state index is -3.17. The summed E-state index contributed by atoms with van der Waals surface area (Å²) in [5.41, 5.74) is 0.766. The molecule has 6 heteroatoms. The summed E-state index contributed by atoms with van der Waals surface area (Å²) in [6, 6.07) is 13.7. The monoisotopic (exact) mass is 342 g/mol. The third kappa shape index (κ3) is 4.74. The van der Waals surface area contributed by atoms with E-state index in [4.69, 9.17) is 11.6 Å². The number of thioether (sulfide) groups is 1. The van der Waals surface area contributed by atoms with Crippen LogP contribution in [0.1, 0.15) is 11.7 Å². The zero-order chi connectivity index (χ0) is 15.5. The summed E-state index contributed by atoms with van der Waals surface area (Å²) >= 11 is 7.35. The van der Waals surface area contributed by atoms with Crippen molar-refractivity contribution in [3.05, 3.63) is 59.1 Å². The van der Waals surface area contributed by atoms with E-state index in [1.54, 1.807) is 42.5 Å². The minimum Gasteiger partial charge on any atom is -0.388 e. The number of aliphatic hydroxyl groups is 1. The maximum absolute atomic E-state index is 11.4. The van der Waals surface area contributed by atoms with E-state index in [1.807, 2.05) is 6.07 Å². The number of aliphatic hydroxyl groups excluding tert-OH is 1. The molecule has 0 saturated carbocycles. The zero-order valence-electron chi connectivity index (χ0n) is 11.4. The topological polar surface area (TPSA) is 54.4 Å². The van der Waals surface area contributed by atoms with Gasteiger partial charge >= 0.3 is 0 Å². The maximum Gasteiger partial charge on any atom is 0.175 e. The van der Waals surface area contributed by atoms with Gasteiger partial charge in [0.2, 0.25) is 0 Å². The molecule has 0 heterocycles. The van der Waals surface area contributed by atoms with Gasteiger partial charge in [-0.15, -0.1) is 11.8 Å². The Kier molecular flexibility index (Phi) is 5.32. The van der Waals surface area contributed by atoms with Crippen LogP contribution in [0.25, 0.3) is 0 Å². The molecule has 2 aromatic rings. The molecule has 0 saturated heterocycles. The number of rotatable bonds is 5. The molecule has 2 rings (SSSR count). The Morgan fingerprint density at radius 2 is 1.86 bits per heavy atom. The van der Waals surface area contributed by atoms with E-state index < -0.39 is 15.9 Å². The van der Waals surface area contributed by atoms with Crippen LogP contribution in [0.3, 0.4) is 0 Å². The summed E-state index contributed by atoms with van der Waals surface area (Å²) in [4.78, 5) is 1.20. The summed E-state index contributed by atoms with van der Waals surface area (Å²) in [6.07, 6.45) is 0.557. The molecule has 1 atom stereocenters. The molecule has 1 unspecified atom stereocenters. The van der Waals surface area contributed by atoms with E-state index in [2.05, 4.69) is 0 Å². The van der Waals surface area contributed by atoms with E-state index in [0.29, 0.717) is 15.7 Å². The molecule has 0 aliphatic rings. The van der Waals surface area contributed by atoms with Crippen LogP contribution in [0, 0.1) is 0 Å². The predicted octanol–water partition coefficient (Wildman–Crippen LogP) is 3.57. The van der Waals surface area contributed by atoms with Crippen LogP contribution < -0.4 is 0 Å². The Morgan fingerprint density at radius 3 is 2.43 bits per heavy atom. The van der Waals surface area contributed by atoms with Gasteiger partial charge < -0.3 is 5.11 Å². The molecule has 3 nitrogen and oxygen atoms in total. The standard InChI is InChI=1S/C15H15ClO3S2/c1-21(18,19)14-7-5-13(6-8-14)20-10-15(17)11-3-2-4-12(16)9-11/h2-9,15,17H,10H2,1H3. The van der Waals surface area contributed by atoms with Crippen molar-refractivity contribution in [3.63, 3.8) is 0 Å². The van der Waals surface area contributed by atoms with Gasteiger partial charge in [0.1, 0.15) is 0 Å². The van der Waals surface area contributed by atoms with Crippen molar-refractivity contribution in [1.29, 1.82) is 0 Å². The molecule has 0 aliphatic heterocycles. The van der Waals surface area contributed by atoms with Crippen molar-refractivity contribution in [3.8, 4) is 0 Å². The Morgan fingerprint density at radius 1 is 1.19 bits per heavy atom. The van der Waals surface area contributed by atoms with Gasteiger partial charge in [-0.2, -0.15) is 0 Å². The lowest BCUT2D eigenvalue weighted by Gasteiger charge is -2.11. The van der Waals surface area contributed by atoms with Gasteiger partial charge in [0.15, 0.2) is 9.84 Å². The summed E-state index contributed by atoms with van der Waals surface area (Å²) in [7, 11) is -3.17. The third-order valence-corrected chi connectivity index (χ3v) is 5.34. The highest BCUT2D eigenvalue weighted by Crippen LogP contribution is 2.26. The fourth-order valence-corrected chi connectivity index (χ4v) is 3.47. The zero-order valence-corrected chi connectivity index (χ0v) is 13.8. The summed E-state index contributed by atoms with van der Waals surface area (Å²) in [6.45, 7) is 0. The van der Waals surface area contributed by atoms with Gasteiger partial charge in [0, 0.05) is 21.9 Å². The van der Waals surface area contributed by atoms with E-state index in [1.165, 1.54) is 18.0 Å². The highest BCUT2D eigenvalue weighted by molar-refractivity contribution is 7.99. The van der Waals surface area contributed by atoms with Gasteiger partial charge in [-0.3, -0.25) is 0 Å². The van der Waals surface area contributed by atoms with Crippen molar-refractivity contribution in [2.75, 3.05) is 12.0 Å². The average molecular weight is 343 g/mol. The minimum absolute atomic E-state index is 0.294. The first-order valence-electron chi connectivity index (χ1n) is 6.23. The molecular weight excluding hydrogens is 328 g/mol. The molecule has 0 radical (unpaired) electrons. The molecule has 0 bridgehead atoms. The Labute approximate surface area is 133 Å². The Bertz CT molecular complexity index is 712.